The first kappa shape index (κ1) is 15.5. The van der Waals surface area contributed by atoms with E-state index in [1.165, 1.54) is 18.6 Å². The van der Waals surface area contributed by atoms with Gasteiger partial charge in [0, 0.05) is 0 Å². The monoisotopic (exact) mass is 292 g/mol. The highest BCUT2D eigenvalue weighted by atomic mass is 19.1. The van der Waals surface area contributed by atoms with Gasteiger partial charge >= 0.3 is 0 Å². The summed E-state index contributed by atoms with van der Waals surface area (Å²) in [6, 6.07) is 5.27. The second-order valence-corrected chi connectivity index (χ2v) is 5.65. The number of primary amides is 1. The van der Waals surface area contributed by atoms with Crippen molar-refractivity contribution < 1.29 is 14.0 Å². The molecule has 1 fully saturated rings. The number of nitrogens with one attached hydrogen (secondary N) is 1. The average molecular weight is 292 g/mol. The molecule has 1 aliphatic rings. The van der Waals surface area contributed by atoms with Gasteiger partial charge in [0.15, 0.2) is 0 Å². The van der Waals surface area contributed by atoms with Crippen molar-refractivity contribution in [2.45, 2.75) is 44.6 Å². The Morgan fingerprint density at radius 3 is 2.62 bits per heavy atom. The number of rotatable bonds is 5. The van der Waals surface area contributed by atoms with Crippen molar-refractivity contribution in [3.63, 3.8) is 0 Å². The van der Waals surface area contributed by atoms with E-state index in [1.807, 2.05) is 0 Å². The number of carbonyl (C=O) groups excluding carboxylic acids is 2. The van der Waals surface area contributed by atoms with Crippen molar-refractivity contribution in [1.29, 1.82) is 0 Å². The highest BCUT2D eigenvalue weighted by Gasteiger charge is 2.29. The molecule has 3 N–H and O–H groups in total. The van der Waals surface area contributed by atoms with E-state index in [-0.39, 0.29) is 24.1 Å². The van der Waals surface area contributed by atoms with Crippen LogP contribution in [0.4, 0.5) is 4.39 Å². The summed E-state index contributed by atoms with van der Waals surface area (Å²) in [7, 11) is 0. The fourth-order valence-corrected chi connectivity index (χ4v) is 2.95. The van der Waals surface area contributed by atoms with Crippen LogP contribution in [-0.2, 0) is 16.0 Å². The van der Waals surface area contributed by atoms with E-state index in [4.69, 9.17) is 5.73 Å². The molecule has 1 atom stereocenters. The van der Waals surface area contributed by atoms with Gasteiger partial charge in [0.05, 0.1) is 6.42 Å². The van der Waals surface area contributed by atoms with Crippen LogP contribution >= 0.6 is 0 Å². The van der Waals surface area contributed by atoms with Crippen molar-refractivity contribution >= 4 is 11.8 Å². The third kappa shape index (κ3) is 4.55. The van der Waals surface area contributed by atoms with E-state index >= 15 is 0 Å². The molecule has 0 unspecified atom stereocenters. The molecule has 1 aromatic carbocycles. The quantitative estimate of drug-likeness (QED) is 0.870. The van der Waals surface area contributed by atoms with E-state index in [1.54, 1.807) is 12.1 Å². The topological polar surface area (TPSA) is 72.2 Å². The molecule has 2 amide bonds. The number of hydrogen-bond donors (Lipinski definition) is 2. The largest absolute Gasteiger partial charge is 0.368 e. The molecule has 1 aromatic rings. The zero-order valence-corrected chi connectivity index (χ0v) is 12.0. The third-order valence-corrected chi connectivity index (χ3v) is 4.00. The molecular formula is C16H21FN2O2. The van der Waals surface area contributed by atoms with E-state index in [0.717, 1.165) is 25.7 Å². The van der Waals surface area contributed by atoms with Crippen molar-refractivity contribution in [2.24, 2.45) is 11.7 Å². The molecule has 0 heterocycles. The predicted molar refractivity (Wildman–Crippen MR) is 77.8 cm³/mol. The lowest BCUT2D eigenvalue weighted by atomic mass is 9.83. The number of hydrogen-bond acceptors (Lipinski definition) is 2. The number of benzene rings is 1. The lowest BCUT2D eigenvalue weighted by molar-refractivity contribution is -0.128. The van der Waals surface area contributed by atoms with E-state index in [9.17, 15) is 14.0 Å². The maximum absolute atomic E-state index is 13.1. The Morgan fingerprint density at radius 2 is 2.00 bits per heavy atom. The second-order valence-electron chi connectivity index (χ2n) is 5.65. The van der Waals surface area contributed by atoms with Crippen LogP contribution in [0, 0.1) is 11.7 Å². The summed E-state index contributed by atoms with van der Waals surface area (Å²) in [6.45, 7) is 0. The number of amides is 2. The summed E-state index contributed by atoms with van der Waals surface area (Å²) in [5, 5.41) is 2.72. The minimum absolute atomic E-state index is 0.0499. The van der Waals surface area contributed by atoms with Crippen LogP contribution in [0.5, 0.6) is 0 Å². The molecule has 0 aromatic heterocycles. The highest BCUT2D eigenvalue weighted by molar-refractivity contribution is 5.87. The van der Waals surface area contributed by atoms with Crippen LogP contribution in [0.2, 0.25) is 0 Å². The van der Waals surface area contributed by atoms with Gasteiger partial charge in [0.1, 0.15) is 11.9 Å². The smallest absolute Gasteiger partial charge is 0.240 e. The van der Waals surface area contributed by atoms with Gasteiger partial charge in [0.2, 0.25) is 11.8 Å². The first-order valence-electron chi connectivity index (χ1n) is 7.39. The van der Waals surface area contributed by atoms with Crippen LogP contribution in [0.15, 0.2) is 24.3 Å². The van der Waals surface area contributed by atoms with Gasteiger partial charge in [-0.3, -0.25) is 9.59 Å². The normalized spacial score (nSPS) is 17.2. The molecule has 21 heavy (non-hydrogen) atoms. The zero-order valence-electron chi connectivity index (χ0n) is 12.0. The van der Waals surface area contributed by atoms with Crippen molar-refractivity contribution in [1.82, 2.24) is 5.32 Å². The maximum Gasteiger partial charge on any atom is 0.240 e. The van der Waals surface area contributed by atoms with Gasteiger partial charge in [-0.25, -0.2) is 4.39 Å². The van der Waals surface area contributed by atoms with Gasteiger partial charge in [-0.2, -0.15) is 0 Å². The first-order chi connectivity index (χ1) is 10.1. The predicted octanol–water partition coefficient (Wildman–Crippen LogP) is 1.92. The number of halogens is 1. The Kier molecular flexibility index (Phi) is 5.31. The van der Waals surface area contributed by atoms with Crippen LogP contribution < -0.4 is 11.1 Å². The molecule has 0 aliphatic heterocycles. The van der Waals surface area contributed by atoms with Crippen molar-refractivity contribution in [3.8, 4) is 0 Å². The molecule has 114 valence electrons. The summed E-state index contributed by atoms with van der Waals surface area (Å²) >= 11 is 0. The third-order valence-electron chi connectivity index (χ3n) is 4.00. The summed E-state index contributed by atoms with van der Waals surface area (Å²) in [5.41, 5.74) is 6.00. The van der Waals surface area contributed by atoms with Gasteiger partial charge in [-0.15, -0.1) is 0 Å². The van der Waals surface area contributed by atoms with E-state index in [0.29, 0.717) is 5.56 Å². The van der Waals surface area contributed by atoms with Gasteiger partial charge in [0.25, 0.3) is 0 Å². The minimum Gasteiger partial charge on any atom is -0.368 e. The van der Waals surface area contributed by atoms with E-state index in [2.05, 4.69) is 5.32 Å². The first-order valence-corrected chi connectivity index (χ1v) is 7.39. The van der Waals surface area contributed by atoms with Gasteiger partial charge < -0.3 is 11.1 Å². The second kappa shape index (κ2) is 7.20. The molecule has 1 aliphatic carbocycles. The summed E-state index contributed by atoms with van der Waals surface area (Å²) in [4.78, 5) is 23.6. The SMILES string of the molecule is NC(=O)[C@@H](NC(=O)Cc1cccc(F)c1)C1CCCCC1. The van der Waals surface area contributed by atoms with Crippen LogP contribution in [-0.4, -0.2) is 17.9 Å². The standard InChI is InChI=1S/C16H21FN2O2/c17-13-8-4-5-11(9-13)10-14(20)19-15(16(18)21)12-6-2-1-3-7-12/h4-5,8-9,12,15H,1-3,6-7,10H2,(H2,18,21)(H,19,20)/t15-/m0/s1. The summed E-state index contributed by atoms with van der Waals surface area (Å²) in [6.07, 6.45) is 5.16. The Balaban J connectivity index is 1.96. The van der Waals surface area contributed by atoms with Crippen LogP contribution in [0.1, 0.15) is 37.7 Å². The van der Waals surface area contributed by atoms with Crippen LogP contribution in [0.25, 0.3) is 0 Å². The molecule has 0 radical (unpaired) electrons. The Morgan fingerprint density at radius 1 is 1.29 bits per heavy atom. The summed E-state index contributed by atoms with van der Waals surface area (Å²) < 4.78 is 13.1. The molecule has 1 saturated carbocycles. The zero-order chi connectivity index (χ0) is 15.2. The Hall–Kier alpha value is -1.91. The fourth-order valence-electron chi connectivity index (χ4n) is 2.95. The average Bonchev–Trinajstić information content (AvgIpc) is 2.45. The minimum atomic E-state index is -0.619. The van der Waals surface area contributed by atoms with Crippen molar-refractivity contribution in [3.05, 3.63) is 35.6 Å². The molecule has 4 nitrogen and oxygen atoms in total. The maximum atomic E-state index is 13.1. The van der Waals surface area contributed by atoms with Crippen molar-refractivity contribution in [2.75, 3.05) is 0 Å². The van der Waals surface area contributed by atoms with Gasteiger partial charge in [-0.05, 0) is 36.5 Å². The fraction of sp³-hybridized carbons (Fsp3) is 0.500. The van der Waals surface area contributed by atoms with Crippen LogP contribution in [0.3, 0.4) is 0 Å². The van der Waals surface area contributed by atoms with Gasteiger partial charge in [-0.1, -0.05) is 31.4 Å². The highest BCUT2D eigenvalue weighted by Crippen LogP contribution is 2.26. The lowest BCUT2D eigenvalue weighted by Crippen LogP contribution is -2.50. The Bertz CT molecular complexity index is 513. The Labute approximate surface area is 123 Å². The molecule has 5 heteroatoms. The summed E-state index contributed by atoms with van der Waals surface area (Å²) in [5.74, 6) is -1.05. The molecular weight excluding hydrogens is 271 g/mol. The molecule has 2 rings (SSSR count). The molecule has 0 bridgehead atoms. The molecule has 0 spiro atoms. The lowest BCUT2D eigenvalue weighted by Gasteiger charge is -2.28. The molecule has 0 saturated heterocycles. The number of carbonyl (C=O) groups is 2. The number of nitrogens with two attached hydrogens (primary N) is 1. The van der Waals surface area contributed by atoms with E-state index < -0.39 is 11.9 Å².